The van der Waals surface area contributed by atoms with E-state index < -0.39 is 0 Å². The molecule has 0 aliphatic rings. The molecule has 0 N–H and O–H groups in total. The van der Waals surface area contributed by atoms with Gasteiger partial charge in [0, 0.05) is 0 Å². The molecule has 0 aliphatic carbocycles. The maximum atomic E-state index is 10.7. The summed E-state index contributed by atoms with van der Waals surface area (Å²) in [6, 6.07) is 7.74. The van der Waals surface area contributed by atoms with E-state index in [0.717, 1.165) is 22.8 Å². The monoisotopic (exact) mass is 197 g/mol. The van der Waals surface area contributed by atoms with Crippen LogP contribution in [0.15, 0.2) is 36.8 Å². The van der Waals surface area contributed by atoms with Gasteiger partial charge in [-0.25, -0.2) is 4.98 Å². The molecule has 0 aliphatic heterocycles. The Labute approximate surface area is 85.2 Å². The molecule has 1 aromatic carbocycles. The van der Waals surface area contributed by atoms with Gasteiger partial charge in [-0.05, 0) is 12.1 Å². The number of carbonyl (C=O) groups excluding carboxylic acids is 1. The molecule has 0 unspecified atom stereocenters. The first-order chi connectivity index (χ1) is 7.40. The van der Waals surface area contributed by atoms with E-state index in [9.17, 15) is 4.79 Å². The lowest BCUT2D eigenvalue weighted by atomic mass is 10.3. The molecular formula is C11H7N3O. The van der Waals surface area contributed by atoms with Crippen molar-refractivity contribution in [3.05, 3.63) is 42.5 Å². The predicted molar refractivity (Wildman–Crippen MR) is 55.9 cm³/mol. The third-order valence-electron chi connectivity index (χ3n) is 2.41. The molecule has 0 spiro atoms. The van der Waals surface area contributed by atoms with Crippen molar-refractivity contribution in [2.24, 2.45) is 0 Å². The lowest BCUT2D eigenvalue weighted by molar-refractivity contribution is 0.112. The number of hydrogen-bond acceptors (Lipinski definition) is 3. The van der Waals surface area contributed by atoms with Gasteiger partial charge >= 0.3 is 0 Å². The van der Waals surface area contributed by atoms with Crippen LogP contribution >= 0.6 is 0 Å². The van der Waals surface area contributed by atoms with Crippen molar-refractivity contribution in [1.29, 1.82) is 0 Å². The summed E-state index contributed by atoms with van der Waals surface area (Å²) in [5.41, 5.74) is 3.01. The second kappa shape index (κ2) is 2.88. The molecule has 4 nitrogen and oxygen atoms in total. The van der Waals surface area contributed by atoms with Gasteiger partial charge in [0.15, 0.2) is 6.29 Å². The van der Waals surface area contributed by atoms with Crippen LogP contribution in [0, 0.1) is 0 Å². The van der Waals surface area contributed by atoms with Crippen LogP contribution in [-0.2, 0) is 0 Å². The summed E-state index contributed by atoms with van der Waals surface area (Å²) in [5.74, 6) is 0. The van der Waals surface area contributed by atoms with Crippen LogP contribution in [-0.4, -0.2) is 20.7 Å². The molecule has 3 aromatic rings. The maximum absolute atomic E-state index is 10.7. The first-order valence-corrected chi connectivity index (χ1v) is 4.56. The van der Waals surface area contributed by atoms with Crippen molar-refractivity contribution < 1.29 is 4.79 Å². The van der Waals surface area contributed by atoms with E-state index in [1.165, 1.54) is 0 Å². The van der Waals surface area contributed by atoms with Crippen molar-refractivity contribution in [1.82, 2.24) is 14.4 Å². The summed E-state index contributed by atoms with van der Waals surface area (Å²) in [5, 5.41) is 0. The Morgan fingerprint density at radius 2 is 2.00 bits per heavy atom. The zero-order valence-electron chi connectivity index (χ0n) is 7.79. The zero-order chi connectivity index (χ0) is 10.3. The molecule has 15 heavy (non-hydrogen) atoms. The van der Waals surface area contributed by atoms with Crippen LogP contribution in [0.25, 0.3) is 16.6 Å². The second-order valence-corrected chi connectivity index (χ2v) is 3.25. The maximum Gasteiger partial charge on any atom is 0.170 e. The fourth-order valence-corrected chi connectivity index (χ4v) is 1.69. The Balaban J connectivity index is 2.55. The number of rotatable bonds is 1. The molecule has 0 atom stereocenters. The SMILES string of the molecule is O=Cc1ncn2c1cnc1ccccc12. The summed E-state index contributed by atoms with van der Waals surface area (Å²) in [7, 11) is 0. The summed E-state index contributed by atoms with van der Waals surface area (Å²) in [6.45, 7) is 0. The minimum absolute atomic E-state index is 0.424. The Morgan fingerprint density at radius 3 is 2.87 bits per heavy atom. The lowest BCUT2D eigenvalue weighted by Gasteiger charge is -1.99. The first kappa shape index (κ1) is 8.11. The van der Waals surface area contributed by atoms with Crippen LogP contribution in [0.1, 0.15) is 10.5 Å². The number of hydrogen-bond donors (Lipinski definition) is 0. The summed E-state index contributed by atoms with van der Waals surface area (Å²) >= 11 is 0. The Bertz CT molecular complexity index is 657. The first-order valence-electron chi connectivity index (χ1n) is 4.56. The van der Waals surface area contributed by atoms with E-state index in [1.54, 1.807) is 12.5 Å². The minimum atomic E-state index is 0.424. The molecule has 0 radical (unpaired) electrons. The Kier molecular flexibility index (Phi) is 1.56. The normalized spacial score (nSPS) is 10.9. The Hall–Kier alpha value is -2.23. The summed E-state index contributed by atoms with van der Waals surface area (Å²) in [6.07, 6.45) is 4.05. The third-order valence-corrected chi connectivity index (χ3v) is 2.41. The van der Waals surface area contributed by atoms with E-state index in [0.29, 0.717) is 5.69 Å². The largest absolute Gasteiger partial charge is 0.296 e. The third kappa shape index (κ3) is 1.05. The zero-order valence-corrected chi connectivity index (χ0v) is 7.79. The highest BCUT2D eigenvalue weighted by molar-refractivity contribution is 5.87. The standard InChI is InChI=1S/C11H7N3O/c15-6-9-11-5-12-8-3-1-2-4-10(8)14(11)7-13-9/h1-7H. The second-order valence-electron chi connectivity index (χ2n) is 3.25. The number of aromatic nitrogens is 3. The van der Waals surface area contributed by atoms with Gasteiger partial charge in [-0.2, -0.15) is 0 Å². The van der Waals surface area contributed by atoms with Crippen LogP contribution in [0.5, 0.6) is 0 Å². The fourth-order valence-electron chi connectivity index (χ4n) is 1.69. The quantitative estimate of drug-likeness (QED) is 0.558. The topological polar surface area (TPSA) is 47.3 Å². The van der Waals surface area contributed by atoms with E-state index in [-0.39, 0.29) is 0 Å². The molecule has 0 fully saturated rings. The molecule has 2 heterocycles. The summed E-state index contributed by atoms with van der Waals surface area (Å²) < 4.78 is 1.87. The minimum Gasteiger partial charge on any atom is -0.296 e. The smallest absolute Gasteiger partial charge is 0.170 e. The summed E-state index contributed by atoms with van der Waals surface area (Å²) in [4.78, 5) is 19.0. The molecule has 2 aromatic heterocycles. The number of imidazole rings is 1. The lowest BCUT2D eigenvalue weighted by Crippen LogP contribution is -1.89. The van der Waals surface area contributed by atoms with Crippen molar-refractivity contribution in [3.63, 3.8) is 0 Å². The van der Waals surface area contributed by atoms with Crippen molar-refractivity contribution in [2.75, 3.05) is 0 Å². The molecule has 0 saturated carbocycles. The van der Waals surface area contributed by atoms with Gasteiger partial charge in [0.1, 0.15) is 12.0 Å². The van der Waals surface area contributed by atoms with Gasteiger partial charge < -0.3 is 0 Å². The van der Waals surface area contributed by atoms with Crippen molar-refractivity contribution in [3.8, 4) is 0 Å². The number of nitrogens with zero attached hydrogens (tertiary/aromatic N) is 3. The number of carbonyl (C=O) groups is 1. The van der Waals surface area contributed by atoms with E-state index >= 15 is 0 Å². The highest BCUT2D eigenvalue weighted by Crippen LogP contribution is 2.15. The van der Waals surface area contributed by atoms with Gasteiger partial charge in [0.25, 0.3) is 0 Å². The van der Waals surface area contributed by atoms with E-state index in [2.05, 4.69) is 9.97 Å². The average Bonchev–Trinajstić information content (AvgIpc) is 2.72. The average molecular weight is 197 g/mol. The van der Waals surface area contributed by atoms with Crippen molar-refractivity contribution in [2.45, 2.75) is 0 Å². The van der Waals surface area contributed by atoms with Gasteiger partial charge in [-0.1, -0.05) is 12.1 Å². The van der Waals surface area contributed by atoms with Crippen LogP contribution < -0.4 is 0 Å². The van der Waals surface area contributed by atoms with Gasteiger partial charge in [0.05, 0.1) is 22.7 Å². The molecule has 4 heteroatoms. The van der Waals surface area contributed by atoms with E-state index in [4.69, 9.17) is 0 Å². The van der Waals surface area contributed by atoms with E-state index in [1.807, 2.05) is 28.7 Å². The highest BCUT2D eigenvalue weighted by atomic mass is 16.1. The van der Waals surface area contributed by atoms with Crippen LogP contribution in [0.3, 0.4) is 0 Å². The van der Waals surface area contributed by atoms with Crippen LogP contribution in [0.4, 0.5) is 0 Å². The van der Waals surface area contributed by atoms with Crippen molar-refractivity contribution >= 4 is 22.8 Å². The molecular weight excluding hydrogens is 190 g/mol. The number of fused-ring (bicyclic) bond motifs is 3. The molecule has 3 rings (SSSR count). The molecule has 72 valence electrons. The molecule has 0 bridgehead atoms. The van der Waals surface area contributed by atoms with Crippen LogP contribution in [0.2, 0.25) is 0 Å². The Morgan fingerprint density at radius 1 is 1.13 bits per heavy atom. The van der Waals surface area contributed by atoms with Gasteiger partial charge in [0.2, 0.25) is 0 Å². The van der Waals surface area contributed by atoms with Gasteiger partial charge in [-0.3, -0.25) is 14.2 Å². The highest BCUT2D eigenvalue weighted by Gasteiger charge is 2.05. The molecule has 0 saturated heterocycles. The number of para-hydroxylation sites is 2. The predicted octanol–water partition coefficient (Wildman–Crippen LogP) is 1.69. The molecule has 0 amide bonds. The number of aldehydes is 1. The number of benzene rings is 1. The fraction of sp³-hybridized carbons (Fsp3) is 0. The van der Waals surface area contributed by atoms with Gasteiger partial charge in [-0.15, -0.1) is 0 Å².